The number of nitrogens with one attached hydrogen (secondary N) is 1. The predicted octanol–water partition coefficient (Wildman–Crippen LogP) is 5.81. The molecule has 0 fully saturated rings. The fraction of sp³-hybridized carbons (Fsp3) is 0.208. The van der Waals surface area contributed by atoms with E-state index in [9.17, 15) is 9.50 Å². The molecule has 154 valence electrons. The van der Waals surface area contributed by atoms with Crippen molar-refractivity contribution in [2.24, 2.45) is 4.99 Å². The molecular weight excluding hydrogens is 403 g/mol. The lowest BCUT2D eigenvalue weighted by atomic mass is 9.93. The number of rotatable bonds is 5. The number of benzene rings is 3. The number of phenols is 1. The van der Waals surface area contributed by atoms with Crippen LogP contribution in [0.2, 0.25) is 5.02 Å². The normalized spacial score (nSPS) is 18.7. The predicted molar refractivity (Wildman–Crippen MR) is 117 cm³/mol. The molecule has 0 radical (unpaired) electrons. The molecule has 0 unspecified atom stereocenters. The van der Waals surface area contributed by atoms with E-state index in [-0.39, 0.29) is 17.6 Å². The van der Waals surface area contributed by atoms with Crippen LogP contribution < -0.4 is 10.1 Å². The molecule has 0 amide bonds. The van der Waals surface area contributed by atoms with Gasteiger partial charge < -0.3 is 9.84 Å². The number of aliphatic imine (C=N–C) groups is 1. The highest BCUT2D eigenvalue weighted by atomic mass is 35.5. The van der Waals surface area contributed by atoms with Gasteiger partial charge in [0.25, 0.3) is 0 Å². The molecule has 30 heavy (non-hydrogen) atoms. The summed E-state index contributed by atoms with van der Waals surface area (Å²) in [5.74, 6) is 0.586. The molecule has 0 saturated heterocycles. The van der Waals surface area contributed by atoms with E-state index in [1.807, 2.05) is 31.2 Å². The van der Waals surface area contributed by atoms with Gasteiger partial charge in [0.1, 0.15) is 23.5 Å². The maximum atomic E-state index is 14.5. The quantitative estimate of drug-likeness (QED) is 0.543. The van der Waals surface area contributed by atoms with E-state index in [0.717, 1.165) is 17.0 Å². The SMILES string of the molecule is CCOc1ccc(C2=N[C@H](c3ccccc3F)N[C@H](c3cc(Cl)ccc3O)C2)cc1. The smallest absolute Gasteiger partial charge is 0.129 e. The first-order valence-electron chi connectivity index (χ1n) is 9.84. The number of halogens is 2. The Balaban J connectivity index is 1.75. The van der Waals surface area contributed by atoms with Crippen molar-refractivity contribution in [3.05, 3.63) is 94.3 Å². The summed E-state index contributed by atoms with van der Waals surface area (Å²) in [5, 5.41) is 14.3. The summed E-state index contributed by atoms with van der Waals surface area (Å²) in [4.78, 5) is 4.80. The monoisotopic (exact) mass is 424 g/mol. The first-order valence-corrected chi connectivity index (χ1v) is 10.2. The van der Waals surface area contributed by atoms with E-state index in [2.05, 4.69) is 5.32 Å². The Hall–Kier alpha value is -2.89. The lowest BCUT2D eigenvalue weighted by molar-refractivity contribution is 0.340. The minimum absolute atomic E-state index is 0.136. The Morgan fingerprint density at radius 2 is 1.87 bits per heavy atom. The second-order valence-corrected chi connectivity index (χ2v) is 7.52. The summed E-state index contributed by atoms with van der Waals surface area (Å²) in [6.45, 7) is 2.53. The van der Waals surface area contributed by atoms with Crippen molar-refractivity contribution in [3.63, 3.8) is 0 Å². The molecule has 0 aromatic heterocycles. The zero-order valence-electron chi connectivity index (χ0n) is 16.5. The van der Waals surface area contributed by atoms with Gasteiger partial charge in [0, 0.05) is 34.3 Å². The van der Waals surface area contributed by atoms with Crippen LogP contribution >= 0.6 is 11.6 Å². The second-order valence-electron chi connectivity index (χ2n) is 7.08. The number of hydrogen-bond acceptors (Lipinski definition) is 4. The van der Waals surface area contributed by atoms with Crippen LogP contribution in [0.3, 0.4) is 0 Å². The van der Waals surface area contributed by atoms with E-state index < -0.39 is 6.17 Å². The second kappa shape index (κ2) is 8.86. The van der Waals surface area contributed by atoms with E-state index >= 15 is 0 Å². The topological polar surface area (TPSA) is 53.8 Å². The Bertz CT molecular complexity index is 1070. The van der Waals surface area contributed by atoms with Gasteiger partial charge in [0.2, 0.25) is 0 Å². The van der Waals surface area contributed by atoms with Crippen molar-refractivity contribution >= 4 is 17.3 Å². The van der Waals surface area contributed by atoms with Crippen molar-refractivity contribution < 1.29 is 14.2 Å². The molecular formula is C24H22ClFN2O2. The highest BCUT2D eigenvalue weighted by Crippen LogP contribution is 2.36. The lowest BCUT2D eigenvalue weighted by Crippen LogP contribution is -2.33. The zero-order chi connectivity index (χ0) is 21.1. The van der Waals surface area contributed by atoms with E-state index in [0.29, 0.717) is 29.2 Å². The number of aromatic hydroxyl groups is 1. The average Bonchev–Trinajstić information content (AvgIpc) is 2.76. The maximum absolute atomic E-state index is 14.5. The standard InChI is InChI=1S/C24H22ClFN2O2/c1-2-30-17-10-7-15(8-11-17)21-14-22(19-13-16(25)9-12-23(19)29)28-24(27-21)18-5-3-4-6-20(18)26/h3-13,22,24,28-29H,2,14H2,1H3/t22-,24-/m0/s1. The van der Waals surface area contributed by atoms with Gasteiger partial charge >= 0.3 is 0 Å². The van der Waals surface area contributed by atoms with E-state index in [1.165, 1.54) is 6.07 Å². The van der Waals surface area contributed by atoms with Crippen molar-refractivity contribution in [2.45, 2.75) is 25.6 Å². The molecule has 0 bridgehead atoms. The van der Waals surface area contributed by atoms with Gasteiger partial charge in [-0.15, -0.1) is 0 Å². The molecule has 1 aliphatic heterocycles. The van der Waals surface area contributed by atoms with Gasteiger partial charge in [-0.05, 0) is 61.0 Å². The van der Waals surface area contributed by atoms with Crippen LogP contribution in [0, 0.1) is 5.82 Å². The number of nitrogens with zero attached hydrogens (tertiary/aromatic N) is 1. The van der Waals surface area contributed by atoms with Crippen LogP contribution in [0.15, 0.2) is 71.7 Å². The van der Waals surface area contributed by atoms with Gasteiger partial charge in [-0.2, -0.15) is 0 Å². The fourth-order valence-electron chi connectivity index (χ4n) is 3.65. The van der Waals surface area contributed by atoms with Crippen LogP contribution in [0.25, 0.3) is 0 Å². The summed E-state index contributed by atoms with van der Waals surface area (Å²) in [5.41, 5.74) is 2.84. The molecule has 3 aromatic carbocycles. The summed E-state index contributed by atoms with van der Waals surface area (Å²) in [6.07, 6.45) is -0.0720. The highest BCUT2D eigenvalue weighted by molar-refractivity contribution is 6.30. The number of hydrogen-bond donors (Lipinski definition) is 2. The van der Waals surface area contributed by atoms with Crippen molar-refractivity contribution in [1.29, 1.82) is 0 Å². The Kier molecular flexibility index (Phi) is 6.02. The molecule has 2 atom stereocenters. The molecule has 2 N–H and O–H groups in total. The molecule has 1 heterocycles. The van der Waals surface area contributed by atoms with Crippen LogP contribution in [-0.2, 0) is 0 Å². The molecule has 6 heteroatoms. The lowest BCUT2D eigenvalue weighted by Gasteiger charge is -2.31. The third-order valence-electron chi connectivity index (χ3n) is 5.10. The highest BCUT2D eigenvalue weighted by Gasteiger charge is 2.29. The molecule has 0 saturated carbocycles. The first kappa shape index (κ1) is 20.4. The van der Waals surface area contributed by atoms with Gasteiger partial charge in [-0.1, -0.05) is 29.8 Å². The van der Waals surface area contributed by atoms with Crippen LogP contribution in [-0.4, -0.2) is 17.4 Å². The molecule has 1 aliphatic rings. The first-order chi connectivity index (χ1) is 14.5. The van der Waals surface area contributed by atoms with Gasteiger partial charge in [-0.3, -0.25) is 10.3 Å². The van der Waals surface area contributed by atoms with Crippen LogP contribution in [0.5, 0.6) is 11.5 Å². The van der Waals surface area contributed by atoms with Crippen LogP contribution in [0.4, 0.5) is 4.39 Å². The Labute approximate surface area is 180 Å². The summed E-state index contributed by atoms with van der Waals surface area (Å²) < 4.78 is 20.0. The average molecular weight is 425 g/mol. The van der Waals surface area contributed by atoms with Crippen molar-refractivity contribution in [3.8, 4) is 11.5 Å². The third kappa shape index (κ3) is 4.32. The van der Waals surface area contributed by atoms with Crippen molar-refractivity contribution in [2.75, 3.05) is 6.61 Å². The summed E-state index contributed by atoms with van der Waals surface area (Å²) >= 11 is 6.17. The Morgan fingerprint density at radius 3 is 2.60 bits per heavy atom. The molecule has 0 aliphatic carbocycles. The maximum Gasteiger partial charge on any atom is 0.129 e. The van der Waals surface area contributed by atoms with E-state index in [4.69, 9.17) is 21.3 Å². The van der Waals surface area contributed by atoms with Gasteiger partial charge in [0.15, 0.2) is 0 Å². The summed E-state index contributed by atoms with van der Waals surface area (Å²) in [6, 6.07) is 18.9. The van der Waals surface area contributed by atoms with Gasteiger partial charge in [0.05, 0.1) is 6.61 Å². The number of ether oxygens (including phenoxy) is 1. The third-order valence-corrected chi connectivity index (χ3v) is 5.34. The van der Waals surface area contributed by atoms with E-state index in [1.54, 1.807) is 36.4 Å². The Morgan fingerprint density at radius 1 is 1.10 bits per heavy atom. The minimum Gasteiger partial charge on any atom is -0.508 e. The summed E-state index contributed by atoms with van der Waals surface area (Å²) in [7, 11) is 0. The van der Waals surface area contributed by atoms with Gasteiger partial charge in [-0.25, -0.2) is 4.39 Å². The number of phenolic OH excluding ortho intramolecular Hbond substituents is 1. The minimum atomic E-state index is -0.593. The fourth-order valence-corrected chi connectivity index (χ4v) is 3.83. The molecule has 0 spiro atoms. The molecule has 3 aromatic rings. The van der Waals surface area contributed by atoms with Crippen molar-refractivity contribution in [1.82, 2.24) is 5.32 Å². The molecule has 4 rings (SSSR count). The van der Waals surface area contributed by atoms with Crippen LogP contribution in [0.1, 0.15) is 42.2 Å². The zero-order valence-corrected chi connectivity index (χ0v) is 17.2. The molecule has 4 nitrogen and oxygen atoms in total. The largest absolute Gasteiger partial charge is 0.508 e.